The van der Waals surface area contributed by atoms with Gasteiger partial charge in [-0.05, 0) is 58.5 Å². The van der Waals surface area contributed by atoms with Crippen molar-refractivity contribution in [3.05, 3.63) is 70.3 Å². The summed E-state index contributed by atoms with van der Waals surface area (Å²) in [6.07, 6.45) is 4.73. The lowest BCUT2D eigenvalue weighted by Crippen LogP contribution is -2.22. The maximum Gasteiger partial charge on any atom is 0.327 e. The second kappa shape index (κ2) is 13.5. The van der Waals surface area contributed by atoms with E-state index >= 15 is 0 Å². The van der Waals surface area contributed by atoms with E-state index < -0.39 is 5.97 Å². The number of aromatic hydroxyl groups is 2. The van der Waals surface area contributed by atoms with Gasteiger partial charge in [-0.2, -0.15) is 0 Å². The van der Waals surface area contributed by atoms with E-state index in [-0.39, 0.29) is 27.6 Å². The summed E-state index contributed by atoms with van der Waals surface area (Å²) in [7, 11) is 0. The number of rotatable bonds is 11. The quantitative estimate of drug-likeness (QED) is 0.236. The first-order valence-electron chi connectivity index (χ1n) is 15.3. The minimum Gasteiger partial charge on any atom is -0.507 e. The van der Waals surface area contributed by atoms with Crippen LogP contribution < -0.4 is 0 Å². The number of carboxylic acids is 1. The van der Waals surface area contributed by atoms with Crippen LogP contribution in [0.25, 0.3) is 0 Å². The Morgan fingerprint density at radius 1 is 0.683 bits per heavy atom. The SMILES string of the molecule is C=CC(=O)O.CCC(C)(C)c1cc(C(C)c2cc(C(C)(C)CC)cc(C(C)(C)CC)c2O)c(O)c(C(C)(C)CC)c1. The van der Waals surface area contributed by atoms with Crippen molar-refractivity contribution in [3.63, 3.8) is 0 Å². The van der Waals surface area contributed by atoms with Crippen LogP contribution in [0.5, 0.6) is 11.5 Å². The molecule has 0 spiro atoms. The Morgan fingerprint density at radius 2 is 0.951 bits per heavy atom. The second-order valence-electron chi connectivity index (χ2n) is 14.1. The van der Waals surface area contributed by atoms with Crippen LogP contribution in [0.1, 0.15) is 155 Å². The Bertz CT molecular complexity index is 1130. The fraction of sp³-hybridized carbons (Fsp3) is 0.595. The van der Waals surface area contributed by atoms with E-state index in [0.717, 1.165) is 54.0 Å². The Labute approximate surface area is 250 Å². The van der Waals surface area contributed by atoms with Crippen molar-refractivity contribution in [2.45, 2.75) is 143 Å². The topological polar surface area (TPSA) is 77.8 Å². The molecule has 0 saturated carbocycles. The fourth-order valence-electron chi connectivity index (χ4n) is 4.74. The normalized spacial score (nSPS) is 12.6. The number of phenols is 2. The van der Waals surface area contributed by atoms with Gasteiger partial charge < -0.3 is 15.3 Å². The van der Waals surface area contributed by atoms with Gasteiger partial charge in [0.2, 0.25) is 0 Å². The van der Waals surface area contributed by atoms with Gasteiger partial charge in [-0.15, -0.1) is 0 Å². The second-order valence-corrected chi connectivity index (χ2v) is 14.1. The van der Waals surface area contributed by atoms with Gasteiger partial charge in [0.15, 0.2) is 0 Å². The first-order valence-corrected chi connectivity index (χ1v) is 15.3. The number of phenolic OH excluding ortho intramolecular Hbond substituents is 2. The highest BCUT2D eigenvalue weighted by atomic mass is 16.4. The van der Waals surface area contributed by atoms with Crippen molar-refractivity contribution >= 4 is 5.97 Å². The van der Waals surface area contributed by atoms with Crippen molar-refractivity contribution in [2.75, 3.05) is 0 Å². The molecule has 0 unspecified atom stereocenters. The summed E-state index contributed by atoms with van der Waals surface area (Å²) in [5, 5.41) is 31.0. The number of aliphatic carboxylic acids is 1. The Balaban J connectivity index is 0.00000154. The lowest BCUT2D eigenvalue weighted by atomic mass is 9.72. The molecule has 0 aromatic heterocycles. The van der Waals surface area contributed by atoms with Gasteiger partial charge in [-0.25, -0.2) is 4.79 Å². The van der Waals surface area contributed by atoms with Gasteiger partial charge in [0, 0.05) is 34.2 Å². The molecule has 230 valence electrons. The molecule has 0 heterocycles. The van der Waals surface area contributed by atoms with Crippen LogP contribution in [0, 0.1) is 0 Å². The Kier molecular flexibility index (Phi) is 11.9. The molecule has 4 heteroatoms. The van der Waals surface area contributed by atoms with Crippen molar-refractivity contribution in [1.29, 1.82) is 0 Å². The van der Waals surface area contributed by atoms with Crippen LogP contribution in [0.15, 0.2) is 36.9 Å². The van der Waals surface area contributed by atoms with Crippen molar-refractivity contribution in [2.24, 2.45) is 0 Å². The highest BCUT2D eigenvalue weighted by Crippen LogP contribution is 2.48. The Hall–Kier alpha value is -2.75. The third-order valence-corrected chi connectivity index (χ3v) is 9.94. The smallest absolute Gasteiger partial charge is 0.327 e. The third kappa shape index (κ3) is 8.17. The van der Waals surface area contributed by atoms with E-state index in [4.69, 9.17) is 5.11 Å². The molecule has 0 radical (unpaired) electrons. The molecule has 2 aromatic carbocycles. The van der Waals surface area contributed by atoms with Crippen molar-refractivity contribution in [3.8, 4) is 11.5 Å². The highest BCUT2D eigenvalue weighted by Gasteiger charge is 2.33. The van der Waals surface area contributed by atoms with Crippen LogP contribution in [-0.2, 0) is 26.5 Å². The number of benzene rings is 2. The lowest BCUT2D eigenvalue weighted by molar-refractivity contribution is -0.131. The summed E-state index contributed by atoms with van der Waals surface area (Å²) in [5.74, 6) is -0.380. The molecule has 0 aliphatic carbocycles. The fourth-order valence-corrected chi connectivity index (χ4v) is 4.74. The highest BCUT2D eigenvalue weighted by molar-refractivity contribution is 5.78. The zero-order valence-electron chi connectivity index (χ0n) is 28.2. The maximum atomic E-state index is 11.7. The van der Waals surface area contributed by atoms with Gasteiger partial charge in [-0.1, -0.05) is 121 Å². The summed E-state index contributed by atoms with van der Waals surface area (Å²) in [5.41, 5.74) is 6.01. The molecule has 0 aliphatic heterocycles. The van der Waals surface area contributed by atoms with Gasteiger partial charge in [0.1, 0.15) is 11.5 Å². The average molecular weight is 567 g/mol. The largest absolute Gasteiger partial charge is 0.507 e. The zero-order chi connectivity index (χ0) is 32.1. The number of hydrogen-bond acceptors (Lipinski definition) is 3. The van der Waals surface area contributed by atoms with Gasteiger partial charge in [0.25, 0.3) is 0 Å². The molecule has 4 nitrogen and oxygen atoms in total. The van der Waals surface area contributed by atoms with E-state index in [1.54, 1.807) is 0 Å². The molecular formula is C37H58O4. The summed E-state index contributed by atoms with van der Waals surface area (Å²) in [4.78, 5) is 9.25. The monoisotopic (exact) mass is 566 g/mol. The first kappa shape index (κ1) is 36.3. The molecule has 0 aliphatic rings. The molecule has 0 atom stereocenters. The van der Waals surface area contributed by atoms with Crippen LogP contribution in [0.4, 0.5) is 0 Å². The predicted molar refractivity (Wildman–Crippen MR) is 175 cm³/mol. The van der Waals surface area contributed by atoms with E-state index in [2.05, 4.69) is 121 Å². The lowest BCUT2D eigenvalue weighted by Gasteiger charge is -2.34. The molecule has 0 fully saturated rings. The summed E-state index contributed by atoms with van der Waals surface area (Å²) in [6, 6.07) is 8.84. The van der Waals surface area contributed by atoms with Crippen LogP contribution in [0.2, 0.25) is 0 Å². The predicted octanol–water partition coefficient (Wildman–Crippen LogP) is 10.3. The van der Waals surface area contributed by atoms with E-state index in [0.29, 0.717) is 11.5 Å². The van der Waals surface area contributed by atoms with Gasteiger partial charge in [-0.3, -0.25) is 0 Å². The van der Waals surface area contributed by atoms with Crippen molar-refractivity contribution < 1.29 is 20.1 Å². The first-order chi connectivity index (χ1) is 18.7. The number of carboxylic acid groups (broad SMARTS) is 1. The van der Waals surface area contributed by atoms with Crippen LogP contribution in [-0.4, -0.2) is 21.3 Å². The maximum absolute atomic E-state index is 11.7. The molecule has 3 N–H and O–H groups in total. The van der Waals surface area contributed by atoms with Crippen LogP contribution >= 0.6 is 0 Å². The molecule has 2 rings (SSSR count). The molecule has 0 saturated heterocycles. The summed E-state index contributed by atoms with van der Waals surface area (Å²) < 4.78 is 0. The minimum absolute atomic E-state index is 0.00972. The standard InChI is InChI=1S/C34H54O2.C3H4O2/c1-14-31(6,7)23-18-25(29(35)27(20-23)33(10,11)16-3)22(5)26-19-24(32(8,9)15-2)21-28(30(26)36)34(12,13)17-4;1-2-3(4)5/h18-22,35-36H,14-17H2,1-13H3;2H,1H2,(H,4,5). The summed E-state index contributed by atoms with van der Waals surface area (Å²) in [6.45, 7) is 31.9. The zero-order valence-corrected chi connectivity index (χ0v) is 28.2. The van der Waals surface area contributed by atoms with Crippen LogP contribution in [0.3, 0.4) is 0 Å². The molecular weight excluding hydrogens is 508 g/mol. The number of hydrogen-bond donors (Lipinski definition) is 3. The molecule has 2 aromatic rings. The molecule has 41 heavy (non-hydrogen) atoms. The third-order valence-electron chi connectivity index (χ3n) is 9.94. The average Bonchev–Trinajstić information content (AvgIpc) is 2.92. The van der Waals surface area contributed by atoms with E-state index in [1.807, 2.05) is 0 Å². The van der Waals surface area contributed by atoms with E-state index in [1.165, 1.54) is 11.1 Å². The molecule has 0 amide bonds. The minimum atomic E-state index is -0.981. The molecule has 0 bridgehead atoms. The van der Waals surface area contributed by atoms with Crippen molar-refractivity contribution in [1.82, 2.24) is 0 Å². The Morgan fingerprint density at radius 3 is 1.17 bits per heavy atom. The van der Waals surface area contributed by atoms with Gasteiger partial charge >= 0.3 is 5.97 Å². The van der Waals surface area contributed by atoms with Gasteiger partial charge in [0.05, 0.1) is 0 Å². The number of carbonyl (C=O) groups is 1. The summed E-state index contributed by atoms with van der Waals surface area (Å²) >= 11 is 0. The van der Waals surface area contributed by atoms with E-state index in [9.17, 15) is 15.0 Å².